The highest BCUT2D eigenvalue weighted by Gasteiger charge is 2.39. The van der Waals surface area contributed by atoms with Gasteiger partial charge in [-0.15, -0.1) is 0 Å². The van der Waals surface area contributed by atoms with Gasteiger partial charge in [0, 0.05) is 5.54 Å². The molecule has 0 heterocycles. The predicted octanol–water partition coefficient (Wildman–Crippen LogP) is 4.97. The van der Waals surface area contributed by atoms with Crippen molar-refractivity contribution < 1.29 is 45.5 Å². The summed E-state index contributed by atoms with van der Waals surface area (Å²) in [6.07, 6.45) is -12.3. The minimum absolute atomic E-state index is 0. The van der Waals surface area contributed by atoms with Gasteiger partial charge in [-0.05, 0) is 37.6 Å². The molecule has 0 aromatic carbocycles. The number of nitrogens with one attached hydrogen (secondary N) is 2. The molecule has 236 valence electrons. The lowest BCUT2D eigenvalue weighted by molar-refractivity contribution is -0.172. The molecule has 0 atom stereocenters. The zero-order valence-corrected chi connectivity index (χ0v) is 26.0. The summed E-state index contributed by atoms with van der Waals surface area (Å²) in [4.78, 5) is 40.3. The lowest BCUT2D eigenvalue weighted by Gasteiger charge is -2.22. The molecule has 0 rings (SSSR count). The van der Waals surface area contributed by atoms with Crippen LogP contribution in [0.4, 0.5) is 26.3 Å². The Morgan fingerprint density at radius 2 is 0.846 bits per heavy atom. The van der Waals surface area contributed by atoms with E-state index < -0.39 is 48.6 Å². The van der Waals surface area contributed by atoms with Crippen LogP contribution in [0.1, 0.15) is 82.1 Å². The van der Waals surface area contributed by atoms with E-state index in [4.69, 9.17) is 11.5 Å². The van der Waals surface area contributed by atoms with Crippen LogP contribution in [0.2, 0.25) is 0 Å². The van der Waals surface area contributed by atoms with Crippen LogP contribution in [0.15, 0.2) is 0 Å². The Kier molecular flexibility index (Phi) is 28.1. The van der Waals surface area contributed by atoms with Gasteiger partial charge in [0.05, 0.1) is 12.8 Å². The number of Topliss-reactive ketones (excluding diaryl/α,β-unsaturated/α-hetero) is 2. The lowest BCUT2D eigenvalue weighted by Crippen LogP contribution is -2.37. The molecule has 8 nitrogen and oxygen atoms in total. The lowest BCUT2D eigenvalue weighted by atomic mass is 9.92. The summed E-state index contributed by atoms with van der Waals surface area (Å²) in [6, 6.07) is 0.333. The molecule has 0 radical (unpaired) electrons. The van der Waals surface area contributed by atoms with Crippen molar-refractivity contribution in [2.45, 2.75) is 106 Å². The Bertz CT molecular complexity index is 647. The second-order valence-corrected chi connectivity index (χ2v) is 10.4. The number of rotatable bonds is 6. The largest absolute Gasteiger partial charge is 0.450 e. The molecule has 0 aliphatic heterocycles. The third-order valence-electron chi connectivity index (χ3n) is 4.35. The maximum absolute atomic E-state index is 11.4. The van der Waals surface area contributed by atoms with Crippen molar-refractivity contribution in [2.24, 2.45) is 29.2 Å². The normalized spacial score (nSPS) is 11.1. The highest BCUT2D eigenvalue weighted by Crippen LogP contribution is 2.18. The van der Waals surface area contributed by atoms with Crippen LogP contribution in [0.5, 0.6) is 0 Å². The fraction of sp³-hybridized carbons (Fsp3) is 0.826. The van der Waals surface area contributed by atoms with Crippen LogP contribution in [0.3, 0.4) is 0 Å². The summed E-state index contributed by atoms with van der Waals surface area (Å²) in [6.45, 7) is 21.2. The molecule has 0 unspecified atom stereocenters. The second-order valence-electron chi connectivity index (χ2n) is 9.97. The van der Waals surface area contributed by atoms with E-state index in [1.807, 2.05) is 27.7 Å². The van der Waals surface area contributed by atoms with Crippen molar-refractivity contribution in [3.05, 3.63) is 0 Å². The van der Waals surface area contributed by atoms with E-state index in [1.54, 1.807) is 9.44 Å². The predicted molar refractivity (Wildman–Crippen MR) is 148 cm³/mol. The molecule has 39 heavy (non-hydrogen) atoms. The van der Waals surface area contributed by atoms with E-state index in [9.17, 15) is 45.5 Å². The van der Waals surface area contributed by atoms with E-state index >= 15 is 0 Å². The maximum atomic E-state index is 11.4. The van der Waals surface area contributed by atoms with E-state index in [0.29, 0.717) is 12.0 Å². The molecule has 0 spiro atoms. The SMILES string of the molecule is CC(C)C(C)(C)N.CC(C)C(C)C.CC(C)N.O=C(CC(=O)C(F)(F)F)NS.O=C(CC(=O)C(F)(F)F)NS. The fourth-order valence-corrected chi connectivity index (χ4v) is 0.729. The number of halogens is 6. The molecule has 6 N–H and O–H groups in total. The topological polar surface area (TPSA) is 144 Å². The van der Waals surface area contributed by atoms with E-state index in [-0.39, 0.29) is 5.54 Å². The number of ketones is 2. The van der Waals surface area contributed by atoms with Gasteiger partial charge >= 0.3 is 12.4 Å². The van der Waals surface area contributed by atoms with Gasteiger partial charge in [0.1, 0.15) is 0 Å². The number of amides is 2. The van der Waals surface area contributed by atoms with Crippen molar-refractivity contribution in [1.82, 2.24) is 9.44 Å². The molecule has 0 aliphatic rings. The summed E-state index contributed by atoms with van der Waals surface area (Å²) < 4.78 is 71.6. The van der Waals surface area contributed by atoms with Crippen LogP contribution in [-0.4, -0.2) is 47.3 Å². The number of nitrogens with two attached hydrogens (primary N) is 2. The van der Waals surface area contributed by atoms with Crippen LogP contribution in [-0.2, 0) is 19.2 Å². The quantitative estimate of drug-likeness (QED) is 0.141. The molecule has 0 saturated carbocycles. The van der Waals surface area contributed by atoms with Gasteiger partial charge in [-0.2, -0.15) is 26.3 Å². The molecule has 0 bridgehead atoms. The summed E-state index contributed by atoms with van der Waals surface area (Å²) >= 11 is 6.33. The zero-order valence-electron chi connectivity index (χ0n) is 24.2. The molecule has 0 aromatic heterocycles. The average Bonchev–Trinajstić information content (AvgIpc) is 2.72. The molecule has 2 amide bonds. The number of hydrogen-bond donors (Lipinski definition) is 6. The molecule has 0 aliphatic carbocycles. The van der Waals surface area contributed by atoms with E-state index in [0.717, 1.165) is 11.8 Å². The number of alkyl halides is 6. The van der Waals surface area contributed by atoms with Gasteiger partial charge in [0.25, 0.3) is 0 Å². The van der Waals surface area contributed by atoms with Gasteiger partial charge in [-0.1, -0.05) is 81.0 Å². The summed E-state index contributed by atoms with van der Waals surface area (Å²) in [5.74, 6) is -4.03. The number of thiol groups is 2. The summed E-state index contributed by atoms with van der Waals surface area (Å²) in [5, 5.41) is 0. The molecule has 0 saturated heterocycles. The highest BCUT2D eigenvalue weighted by atomic mass is 32.1. The molecular weight excluding hydrogens is 574 g/mol. The van der Waals surface area contributed by atoms with Gasteiger partial charge in [0.15, 0.2) is 0 Å². The first kappa shape index (κ1) is 47.3. The Morgan fingerprint density at radius 3 is 0.923 bits per heavy atom. The second kappa shape index (κ2) is 23.2. The number of carbonyl (C=O) groups excluding carboxylic acids is 4. The third kappa shape index (κ3) is 41.1. The monoisotopic (exact) mass is 620 g/mol. The molecule has 16 heteroatoms. The molecule has 0 aromatic rings. The minimum Gasteiger partial charge on any atom is -0.328 e. The van der Waals surface area contributed by atoms with Gasteiger partial charge < -0.3 is 20.9 Å². The summed E-state index contributed by atoms with van der Waals surface area (Å²) in [5.41, 5.74) is 10.8. The fourth-order valence-electron chi connectivity index (χ4n) is 0.571. The van der Waals surface area contributed by atoms with Crippen molar-refractivity contribution in [1.29, 1.82) is 0 Å². The maximum Gasteiger partial charge on any atom is 0.450 e. The number of carbonyl (C=O) groups is 4. The Labute approximate surface area is 239 Å². The third-order valence-corrected chi connectivity index (χ3v) is 4.84. The Hall–Kier alpha value is -1.52. The van der Waals surface area contributed by atoms with E-state index in [2.05, 4.69) is 67.2 Å². The standard InChI is InChI=1S/C6H15N.C6H14.2C4H4F3NO2S.C3H9N/c1-5(2)6(3,4)7;1-5(2)6(3)4;2*5-4(6,7)2(9)1-3(10)8-11;1-3(2)4/h5H,7H2,1-4H3;5-6H,1-4H3;2*11H,1H2,(H,8,10);3H,4H2,1-2H3. The van der Waals surface area contributed by atoms with Gasteiger partial charge in [-0.3, -0.25) is 19.2 Å². The minimum atomic E-state index is -4.94. The van der Waals surface area contributed by atoms with Gasteiger partial charge in [0.2, 0.25) is 23.4 Å². The first-order chi connectivity index (χ1) is 17.1. The van der Waals surface area contributed by atoms with Crippen molar-refractivity contribution in [2.75, 3.05) is 0 Å². The zero-order chi connectivity index (χ0) is 32.9. The molecular formula is C23H46F6N4O4S2. The van der Waals surface area contributed by atoms with Crippen molar-refractivity contribution in [3.8, 4) is 0 Å². The highest BCUT2D eigenvalue weighted by molar-refractivity contribution is 7.78. The van der Waals surface area contributed by atoms with Gasteiger partial charge in [-0.25, -0.2) is 0 Å². The van der Waals surface area contributed by atoms with Crippen LogP contribution < -0.4 is 20.9 Å². The first-order valence-corrected chi connectivity index (χ1v) is 12.6. The smallest absolute Gasteiger partial charge is 0.328 e. The van der Waals surface area contributed by atoms with Crippen LogP contribution in [0, 0.1) is 17.8 Å². The molecule has 0 fully saturated rings. The van der Waals surface area contributed by atoms with Crippen LogP contribution in [0.25, 0.3) is 0 Å². The van der Waals surface area contributed by atoms with Crippen molar-refractivity contribution >= 4 is 49.0 Å². The van der Waals surface area contributed by atoms with E-state index in [1.165, 1.54) is 0 Å². The Morgan fingerprint density at radius 1 is 0.667 bits per heavy atom. The van der Waals surface area contributed by atoms with Crippen molar-refractivity contribution in [3.63, 3.8) is 0 Å². The summed E-state index contributed by atoms with van der Waals surface area (Å²) in [7, 11) is 0. The Balaban J connectivity index is -0.000000129. The first-order valence-electron chi connectivity index (χ1n) is 11.7. The number of hydrogen-bond acceptors (Lipinski definition) is 8. The average molecular weight is 621 g/mol. The van der Waals surface area contributed by atoms with Crippen LogP contribution >= 0.6 is 25.6 Å².